The normalized spacial score (nSPS) is 12.0. The molecule has 0 aliphatic heterocycles. The van der Waals surface area contributed by atoms with Crippen molar-refractivity contribution in [2.75, 3.05) is 0 Å². The van der Waals surface area contributed by atoms with Crippen molar-refractivity contribution in [3.8, 4) is 77.9 Å². The van der Waals surface area contributed by atoms with Crippen LogP contribution < -0.4 is 0 Å². The SMILES string of the molecule is Cc1ccc2c3ccc(-c4cc(-c5ccc6c7ccccc7c7ncccc7c6c5)cc(-c5cccc6c5-c5ccccc5-c5ccccc5-c5ccccc5-6)c4)cc3c3cccnc3c2c1. The minimum absolute atomic E-state index is 1.03. The molecular formula is C65H40N2. The van der Waals surface area contributed by atoms with E-state index in [4.69, 9.17) is 9.97 Å². The van der Waals surface area contributed by atoms with E-state index in [1.165, 1.54) is 98.7 Å². The molecule has 1 aliphatic rings. The van der Waals surface area contributed by atoms with Crippen LogP contribution in [0.1, 0.15) is 5.56 Å². The number of pyridine rings is 2. The highest BCUT2D eigenvalue weighted by Crippen LogP contribution is 2.51. The molecule has 0 amide bonds. The van der Waals surface area contributed by atoms with Crippen molar-refractivity contribution in [2.24, 2.45) is 0 Å². The number of nitrogens with zero attached hydrogens (tertiary/aromatic N) is 2. The van der Waals surface area contributed by atoms with Crippen LogP contribution in [0.15, 0.2) is 225 Å². The molecule has 0 N–H and O–H groups in total. The maximum Gasteiger partial charge on any atom is 0.0786 e. The van der Waals surface area contributed by atoms with Gasteiger partial charge in [0.2, 0.25) is 0 Å². The number of rotatable bonds is 3. The Morgan fingerprint density at radius 1 is 0.239 bits per heavy atom. The van der Waals surface area contributed by atoms with Gasteiger partial charge in [-0.05, 0) is 166 Å². The van der Waals surface area contributed by atoms with E-state index in [9.17, 15) is 0 Å². The largest absolute Gasteiger partial charge is 0.256 e. The summed E-state index contributed by atoms with van der Waals surface area (Å²) in [5.74, 6) is 0. The van der Waals surface area contributed by atoms with Crippen LogP contribution in [0.4, 0.5) is 0 Å². The number of benzene rings is 11. The first kappa shape index (κ1) is 37.6. The minimum atomic E-state index is 1.03. The fourth-order valence-corrected chi connectivity index (χ4v) is 11.3. The van der Waals surface area contributed by atoms with Gasteiger partial charge in [0.25, 0.3) is 0 Å². The van der Waals surface area contributed by atoms with E-state index in [1.807, 2.05) is 12.4 Å². The lowest BCUT2D eigenvalue weighted by molar-refractivity contribution is 1.43. The second-order valence-corrected chi connectivity index (χ2v) is 18.1. The van der Waals surface area contributed by atoms with E-state index in [1.54, 1.807) is 0 Å². The first-order chi connectivity index (χ1) is 33.1. The van der Waals surface area contributed by atoms with E-state index >= 15 is 0 Å². The van der Waals surface area contributed by atoms with Gasteiger partial charge in [-0.1, -0.05) is 169 Å². The molecule has 2 heteroatoms. The van der Waals surface area contributed by atoms with Gasteiger partial charge < -0.3 is 0 Å². The Morgan fingerprint density at radius 3 is 1.25 bits per heavy atom. The quantitative estimate of drug-likeness (QED) is 0.166. The zero-order valence-corrected chi connectivity index (χ0v) is 36.8. The zero-order valence-electron chi connectivity index (χ0n) is 36.8. The average molecular weight is 849 g/mol. The van der Waals surface area contributed by atoms with Gasteiger partial charge in [0, 0.05) is 33.9 Å². The number of hydrogen-bond acceptors (Lipinski definition) is 2. The molecule has 310 valence electrons. The fraction of sp³-hybridized carbons (Fsp3) is 0.0154. The van der Waals surface area contributed by atoms with Crippen LogP contribution in [0.5, 0.6) is 0 Å². The molecule has 0 atom stereocenters. The number of fused-ring (bicyclic) bond motifs is 20. The van der Waals surface area contributed by atoms with E-state index in [0.717, 1.165) is 49.6 Å². The van der Waals surface area contributed by atoms with E-state index in [0.29, 0.717) is 0 Å². The lowest BCUT2D eigenvalue weighted by Crippen LogP contribution is -1.99. The lowest BCUT2D eigenvalue weighted by atomic mass is 9.78. The summed E-state index contributed by atoms with van der Waals surface area (Å²) in [6.07, 6.45) is 3.83. The summed E-state index contributed by atoms with van der Waals surface area (Å²) in [4.78, 5) is 9.91. The van der Waals surface area contributed by atoms with Crippen molar-refractivity contribution in [3.63, 3.8) is 0 Å². The third kappa shape index (κ3) is 5.76. The summed E-state index contributed by atoms with van der Waals surface area (Å²) in [6.45, 7) is 2.16. The van der Waals surface area contributed by atoms with Crippen LogP contribution in [0.2, 0.25) is 0 Å². The number of aryl methyl sites for hydroxylation is 1. The van der Waals surface area contributed by atoms with Crippen LogP contribution in [-0.4, -0.2) is 9.97 Å². The van der Waals surface area contributed by atoms with Crippen molar-refractivity contribution >= 4 is 64.9 Å². The van der Waals surface area contributed by atoms with Crippen molar-refractivity contribution < 1.29 is 0 Å². The predicted molar refractivity (Wildman–Crippen MR) is 283 cm³/mol. The van der Waals surface area contributed by atoms with Crippen molar-refractivity contribution in [1.82, 2.24) is 9.97 Å². The standard InChI is InChI=1S/C65H40N2/c1-39-25-28-54-53-30-27-41(38-61(53)59-24-12-32-67-65(59)62(54)33-39)43-34-42(40-26-29-52-51-18-7-9-20-57(51)64-58(60(52)37-40)23-11-31-66-64)35-44(36-43)45-21-10-22-56-50-16-5-4-15-48(50)46-13-2-3-14-47(46)49-17-6-8-19-55(49)63(45)56/h2-38H,1H3. The second-order valence-electron chi connectivity index (χ2n) is 18.1. The van der Waals surface area contributed by atoms with Gasteiger partial charge in [-0.15, -0.1) is 0 Å². The molecule has 0 saturated heterocycles. The first-order valence-electron chi connectivity index (χ1n) is 23.1. The molecule has 14 rings (SSSR count). The van der Waals surface area contributed by atoms with Gasteiger partial charge in [0.15, 0.2) is 0 Å². The molecule has 0 bridgehead atoms. The molecule has 67 heavy (non-hydrogen) atoms. The Balaban J connectivity index is 1.07. The molecule has 0 saturated carbocycles. The molecule has 2 heterocycles. The van der Waals surface area contributed by atoms with Crippen molar-refractivity contribution in [1.29, 1.82) is 0 Å². The van der Waals surface area contributed by atoms with Crippen LogP contribution in [0, 0.1) is 6.92 Å². The van der Waals surface area contributed by atoms with Gasteiger partial charge in [-0.2, -0.15) is 0 Å². The van der Waals surface area contributed by atoms with E-state index < -0.39 is 0 Å². The summed E-state index contributed by atoms with van der Waals surface area (Å²) in [5.41, 5.74) is 20.2. The lowest BCUT2D eigenvalue weighted by Gasteiger charge is -2.25. The molecule has 0 fully saturated rings. The average Bonchev–Trinajstić information content (AvgIpc) is 3.40. The molecule has 2 nitrogen and oxygen atoms in total. The van der Waals surface area contributed by atoms with Crippen LogP contribution in [0.3, 0.4) is 0 Å². The molecule has 0 spiro atoms. The molecule has 0 unspecified atom stereocenters. The third-order valence-electron chi connectivity index (χ3n) is 14.3. The Bertz CT molecular complexity index is 4170. The van der Waals surface area contributed by atoms with Crippen molar-refractivity contribution in [2.45, 2.75) is 6.92 Å². The van der Waals surface area contributed by atoms with E-state index in [2.05, 4.69) is 219 Å². The molecular weight excluding hydrogens is 809 g/mol. The Morgan fingerprint density at radius 2 is 0.642 bits per heavy atom. The van der Waals surface area contributed by atoms with Gasteiger partial charge in [-0.25, -0.2) is 0 Å². The first-order valence-corrected chi connectivity index (χ1v) is 23.1. The highest BCUT2D eigenvalue weighted by Gasteiger charge is 2.25. The fourth-order valence-electron chi connectivity index (χ4n) is 11.3. The minimum Gasteiger partial charge on any atom is -0.256 e. The molecule has 1 aliphatic carbocycles. The Labute approximate surface area is 388 Å². The van der Waals surface area contributed by atoms with Crippen LogP contribution in [0.25, 0.3) is 143 Å². The second kappa shape index (κ2) is 14.7. The van der Waals surface area contributed by atoms with Gasteiger partial charge >= 0.3 is 0 Å². The zero-order chi connectivity index (χ0) is 44.2. The summed E-state index contributed by atoms with van der Waals surface area (Å²) in [5, 5.41) is 12.0. The number of hydrogen-bond donors (Lipinski definition) is 0. The summed E-state index contributed by atoms with van der Waals surface area (Å²) in [6, 6.07) is 78.9. The summed E-state index contributed by atoms with van der Waals surface area (Å²) >= 11 is 0. The van der Waals surface area contributed by atoms with E-state index in [-0.39, 0.29) is 0 Å². The van der Waals surface area contributed by atoms with Gasteiger partial charge in [0.05, 0.1) is 11.0 Å². The molecule has 2 aromatic heterocycles. The summed E-state index contributed by atoms with van der Waals surface area (Å²) < 4.78 is 0. The molecule has 0 radical (unpaired) electrons. The van der Waals surface area contributed by atoms with Gasteiger partial charge in [-0.3, -0.25) is 9.97 Å². The predicted octanol–water partition coefficient (Wildman–Crippen LogP) is 17.7. The monoisotopic (exact) mass is 848 g/mol. The van der Waals surface area contributed by atoms with Crippen molar-refractivity contribution in [3.05, 3.63) is 230 Å². The maximum absolute atomic E-state index is 4.98. The Kier molecular flexibility index (Phi) is 8.23. The highest BCUT2D eigenvalue weighted by atomic mass is 14.7. The van der Waals surface area contributed by atoms with Crippen LogP contribution in [-0.2, 0) is 0 Å². The maximum atomic E-state index is 4.98. The topological polar surface area (TPSA) is 25.8 Å². The highest BCUT2D eigenvalue weighted by molar-refractivity contribution is 6.26. The Hall–Kier alpha value is -8.72. The smallest absolute Gasteiger partial charge is 0.0786 e. The van der Waals surface area contributed by atoms with Crippen LogP contribution >= 0.6 is 0 Å². The molecule has 13 aromatic rings. The summed E-state index contributed by atoms with van der Waals surface area (Å²) in [7, 11) is 0. The molecule has 11 aromatic carbocycles. The van der Waals surface area contributed by atoms with Gasteiger partial charge in [0.1, 0.15) is 0 Å². The third-order valence-corrected chi connectivity index (χ3v) is 14.3. The number of aromatic nitrogens is 2.